The van der Waals surface area contributed by atoms with Gasteiger partial charge in [0.15, 0.2) is 0 Å². The molecule has 0 aromatic carbocycles. The number of ether oxygens (including phenoxy) is 1. The number of rotatable bonds is 2. The number of aromatic nitrogens is 2. The van der Waals surface area contributed by atoms with Crippen molar-refractivity contribution in [2.45, 2.75) is 6.92 Å². The van der Waals surface area contributed by atoms with Gasteiger partial charge in [0.2, 0.25) is 5.88 Å². The zero-order valence-electron chi connectivity index (χ0n) is 7.70. The van der Waals surface area contributed by atoms with E-state index in [1.54, 1.807) is 24.5 Å². The van der Waals surface area contributed by atoms with Crippen molar-refractivity contribution in [3.63, 3.8) is 0 Å². The zero-order chi connectivity index (χ0) is 9.97. The van der Waals surface area contributed by atoms with E-state index in [4.69, 9.17) is 16.3 Å². The monoisotopic (exact) mass is 208 g/mol. The molecule has 3 nitrogen and oxygen atoms in total. The lowest BCUT2D eigenvalue weighted by Gasteiger charge is -2.03. The Balaban J connectivity index is 2.56. The molecule has 0 bridgehead atoms. The molecule has 0 radical (unpaired) electrons. The van der Waals surface area contributed by atoms with Crippen LogP contribution in [0.2, 0.25) is 5.02 Å². The van der Waals surface area contributed by atoms with E-state index < -0.39 is 0 Å². The van der Waals surface area contributed by atoms with Crippen LogP contribution in [0.5, 0.6) is 5.88 Å². The number of halogens is 1. The van der Waals surface area contributed by atoms with E-state index in [-0.39, 0.29) is 0 Å². The summed E-state index contributed by atoms with van der Waals surface area (Å²) >= 11 is 5.97. The molecule has 2 heterocycles. The Kier molecular flexibility index (Phi) is 2.50. The molecule has 0 atom stereocenters. The highest BCUT2D eigenvalue weighted by Crippen LogP contribution is 2.22. The minimum atomic E-state index is 0.578. The Labute approximate surface area is 86.7 Å². The van der Waals surface area contributed by atoms with Gasteiger partial charge in [-0.05, 0) is 13.0 Å². The normalized spacial score (nSPS) is 10.4. The summed E-state index contributed by atoms with van der Waals surface area (Å²) in [6.07, 6.45) is 3.34. The van der Waals surface area contributed by atoms with Crippen LogP contribution in [0.25, 0.3) is 10.9 Å². The van der Waals surface area contributed by atoms with Gasteiger partial charge in [0.1, 0.15) is 0 Å². The third-order valence-electron chi connectivity index (χ3n) is 1.84. The van der Waals surface area contributed by atoms with E-state index in [2.05, 4.69) is 9.97 Å². The Morgan fingerprint density at radius 1 is 1.43 bits per heavy atom. The first kappa shape index (κ1) is 9.21. The van der Waals surface area contributed by atoms with Crippen molar-refractivity contribution in [3.8, 4) is 5.88 Å². The minimum Gasteiger partial charge on any atom is -0.478 e. The molecule has 2 rings (SSSR count). The lowest BCUT2D eigenvalue weighted by molar-refractivity contribution is 0.327. The highest BCUT2D eigenvalue weighted by atomic mass is 35.5. The molecule has 0 unspecified atom stereocenters. The number of hydrogen-bond acceptors (Lipinski definition) is 3. The van der Waals surface area contributed by atoms with Crippen LogP contribution < -0.4 is 4.74 Å². The summed E-state index contributed by atoms with van der Waals surface area (Å²) in [5, 5.41) is 1.50. The minimum absolute atomic E-state index is 0.578. The van der Waals surface area contributed by atoms with Gasteiger partial charge in [-0.1, -0.05) is 11.6 Å². The fourth-order valence-electron chi connectivity index (χ4n) is 1.22. The first-order valence-corrected chi connectivity index (χ1v) is 4.72. The molecule has 2 aromatic heterocycles. The maximum Gasteiger partial charge on any atom is 0.215 e. The molecule has 0 spiro atoms. The van der Waals surface area contributed by atoms with Crippen LogP contribution in [0.4, 0.5) is 0 Å². The molecule has 4 heteroatoms. The van der Waals surface area contributed by atoms with Crippen LogP contribution in [0.3, 0.4) is 0 Å². The lowest BCUT2D eigenvalue weighted by atomic mass is 10.3. The van der Waals surface area contributed by atoms with Crippen molar-refractivity contribution in [1.29, 1.82) is 0 Å². The smallest absolute Gasteiger partial charge is 0.215 e. The number of fused-ring (bicyclic) bond motifs is 1. The second-order valence-corrected chi connectivity index (χ2v) is 3.17. The Hall–Kier alpha value is -1.35. The predicted octanol–water partition coefficient (Wildman–Crippen LogP) is 2.68. The van der Waals surface area contributed by atoms with Gasteiger partial charge in [-0.25, -0.2) is 4.98 Å². The van der Waals surface area contributed by atoms with E-state index in [1.165, 1.54) is 0 Å². The van der Waals surface area contributed by atoms with E-state index in [0.717, 1.165) is 10.9 Å². The second-order valence-electron chi connectivity index (χ2n) is 2.77. The summed E-state index contributed by atoms with van der Waals surface area (Å²) < 4.78 is 5.26. The number of pyridine rings is 2. The van der Waals surface area contributed by atoms with Crippen LogP contribution in [0, 0.1) is 0 Å². The van der Waals surface area contributed by atoms with Gasteiger partial charge in [-0.15, -0.1) is 0 Å². The molecule has 0 aliphatic rings. The number of hydrogen-bond donors (Lipinski definition) is 0. The van der Waals surface area contributed by atoms with Crippen LogP contribution in [0.15, 0.2) is 24.5 Å². The summed E-state index contributed by atoms with van der Waals surface area (Å²) in [7, 11) is 0. The average Bonchev–Trinajstić information content (AvgIpc) is 2.18. The van der Waals surface area contributed by atoms with E-state index >= 15 is 0 Å². The standard InChI is InChI=1S/C10H9ClN2O/c1-2-14-10-5-9-7(6-13-10)8(11)3-4-12-9/h3-6H,2H2,1H3. The Bertz CT molecular complexity index is 459. The maximum absolute atomic E-state index is 5.97. The SMILES string of the molecule is CCOc1cc2nccc(Cl)c2cn1. The first-order chi connectivity index (χ1) is 6.81. The molecule has 0 amide bonds. The van der Waals surface area contributed by atoms with E-state index in [1.807, 2.05) is 6.92 Å². The molecule has 0 aliphatic heterocycles. The van der Waals surface area contributed by atoms with Gasteiger partial charge in [-0.3, -0.25) is 4.98 Å². The fourth-order valence-corrected chi connectivity index (χ4v) is 1.42. The van der Waals surface area contributed by atoms with Gasteiger partial charge < -0.3 is 4.74 Å². The third kappa shape index (κ3) is 1.63. The summed E-state index contributed by atoms with van der Waals surface area (Å²) in [4.78, 5) is 8.29. The average molecular weight is 209 g/mol. The zero-order valence-corrected chi connectivity index (χ0v) is 8.45. The first-order valence-electron chi connectivity index (χ1n) is 4.34. The topological polar surface area (TPSA) is 35.0 Å². The number of nitrogens with zero attached hydrogens (tertiary/aromatic N) is 2. The third-order valence-corrected chi connectivity index (χ3v) is 2.17. The van der Waals surface area contributed by atoms with Crippen LogP contribution in [-0.4, -0.2) is 16.6 Å². The molecule has 2 aromatic rings. The summed E-state index contributed by atoms with van der Waals surface area (Å²) in [6, 6.07) is 3.52. The van der Waals surface area contributed by atoms with Crippen molar-refractivity contribution in [3.05, 3.63) is 29.5 Å². The van der Waals surface area contributed by atoms with Gasteiger partial charge in [0, 0.05) is 23.8 Å². The summed E-state index contributed by atoms with van der Waals surface area (Å²) in [5.41, 5.74) is 0.802. The maximum atomic E-state index is 5.97. The molecule has 0 saturated carbocycles. The molecule has 0 saturated heterocycles. The quantitative estimate of drug-likeness (QED) is 0.761. The predicted molar refractivity (Wildman–Crippen MR) is 55.7 cm³/mol. The van der Waals surface area contributed by atoms with Gasteiger partial charge in [0.05, 0.1) is 17.1 Å². The largest absolute Gasteiger partial charge is 0.478 e. The molecule has 0 aliphatic carbocycles. The van der Waals surface area contributed by atoms with Crippen LogP contribution in [0.1, 0.15) is 6.92 Å². The van der Waals surface area contributed by atoms with Crippen LogP contribution >= 0.6 is 11.6 Å². The van der Waals surface area contributed by atoms with Crippen LogP contribution in [-0.2, 0) is 0 Å². The molecular formula is C10H9ClN2O. The van der Waals surface area contributed by atoms with Crippen molar-refractivity contribution >= 4 is 22.5 Å². The van der Waals surface area contributed by atoms with Gasteiger partial charge >= 0.3 is 0 Å². The van der Waals surface area contributed by atoms with E-state index in [0.29, 0.717) is 17.5 Å². The molecule has 0 N–H and O–H groups in total. The molecule has 14 heavy (non-hydrogen) atoms. The highest BCUT2D eigenvalue weighted by Gasteiger charge is 2.02. The van der Waals surface area contributed by atoms with Gasteiger partial charge in [0.25, 0.3) is 0 Å². The van der Waals surface area contributed by atoms with Crippen molar-refractivity contribution in [2.75, 3.05) is 6.61 Å². The van der Waals surface area contributed by atoms with Gasteiger partial charge in [-0.2, -0.15) is 0 Å². The Morgan fingerprint density at radius 3 is 3.07 bits per heavy atom. The molecule has 72 valence electrons. The van der Waals surface area contributed by atoms with Crippen molar-refractivity contribution < 1.29 is 4.74 Å². The molecular weight excluding hydrogens is 200 g/mol. The Morgan fingerprint density at radius 2 is 2.29 bits per heavy atom. The fraction of sp³-hybridized carbons (Fsp3) is 0.200. The summed E-state index contributed by atoms with van der Waals surface area (Å²) in [6.45, 7) is 2.51. The molecule has 0 fully saturated rings. The van der Waals surface area contributed by atoms with Crippen molar-refractivity contribution in [1.82, 2.24) is 9.97 Å². The highest BCUT2D eigenvalue weighted by molar-refractivity contribution is 6.35. The second kappa shape index (κ2) is 3.80. The lowest BCUT2D eigenvalue weighted by Crippen LogP contribution is -1.94. The van der Waals surface area contributed by atoms with E-state index in [9.17, 15) is 0 Å². The summed E-state index contributed by atoms with van der Waals surface area (Å²) in [5.74, 6) is 0.578. The van der Waals surface area contributed by atoms with Crippen molar-refractivity contribution in [2.24, 2.45) is 0 Å².